The number of rotatable bonds is 3. The predicted molar refractivity (Wildman–Crippen MR) is 105 cm³/mol. The van der Waals surface area contributed by atoms with Crippen LogP contribution in [0.5, 0.6) is 0 Å². The Hall–Kier alpha value is -2.92. The maximum atomic E-state index is 13.2. The van der Waals surface area contributed by atoms with E-state index in [0.29, 0.717) is 16.4 Å². The summed E-state index contributed by atoms with van der Waals surface area (Å²) in [6, 6.07) is 14.7. The molecule has 1 atom stereocenters. The molecule has 1 unspecified atom stereocenters. The molecule has 0 spiro atoms. The molecule has 4 rings (SSSR count). The zero-order valence-corrected chi connectivity index (χ0v) is 15.7. The van der Waals surface area contributed by atoms with Crippen LogP contribution in [0.25, 0.3) is 5.69 Å². The van der Waals surface area contributed by atoms with Crippen molar-refractivity contribution >= 4 is 29.1 Å². The molecule has 1 amide bonds. The van der Waals surface area contributed by atoms with Crippen LogP contribution in [0.2, 0.25) is 5.02 Å². The molecule has 3 aromatic rings. The lowest BCUT2D eigenvalue weighted by Crippen LogP contribution is -2.28. The molecule has 0 radical (unpaired) electrons. The van der Waals surface area contributed by atoms with Gasteiger partial charge in [0.2, 0.25) is 5.91 Å². The number of Topliss-reactive ketones (excluding diaryl/α,β-unsaturated/α-hetero) is 1. The highest BCUT2D eigenvalue weighted by Gasteiger charge is 2.36. The number of carbonyl (C=O) groups excluding carboxylic acids is 2. The highest BCUT2D eigenvalue weighted by molar-refractivity contribution is 6.30. The van der Waals surface area contributed by atoms with Crippen LogP contribution >= 0.6 is 11.6 Å². The summed E-state index contributed by atoms with van der Waals surface area (Å²) in [5.41, 5.74) is 3.75. The third-order valence-electron chi connectivity index (χ3n) is 4.88. The van der Waals surface area contributed by atoms with Crippen molar-refractivity contribution in [1.29, 1.82) is 0 Å². The topological polar surface area (TPSA) is 64.0 Å². The number of carbonyl (C=O) groups is 2. The molecule has 0 saturated heterocycles. The molecule has 0 aliphatic carbocycles. The maximum Gasteiger partial charge on any atom is 0.226 e. The summed E-state index contributed by atoms with van der Waals surface area (Å²) in [6.07, 6.45) is 0.113. The molecule has 1 aromatic heterocycles. The van der Waals surface area contributed by atoms with Crippen LogP contribution in [0.4, 0.5) is 5.82 Å². The molecule has 2 heterocycles. The van der Waals surface area contributed by atoms with Gasteiger partial charge in [-0.05, 0) is 37.6 Å². The Labute approximate surface area is 162 Å². The molecule has 0 bridgehead atoms. The number of nitrogens with zero attached hydrogens (tertiary/aromatic N) is 2. The maximum absolute atomic E-state index is 13.2. The van der Waals surface area contributed by atoms with Crippen molar-refractivity contribution in [2.75, 3.05) is 5.32 Å². The van der Waals surface area contributed by atoms with Crippen LogP contribution < -0.4 is 5.32 Å². The minimum atomic E-state index is -0.553. The van der Waals surface area contributed by atoms with Crippen molar-refractivity contribution in [3.63, 3.8) is 0 Å². The van der Waals surface area contributed by atoms with Crippen LogP contribution in [-0.2, 0) is 4.79 Å². The second-order valence-electron chi connectivity index (χ2n) is 6.72. The van der Waals surface area contributed by atoms with E-state index in [9.17, 15) is 9.59 Å². The zero-order valence-electron chi connectivity index (χ0n) is 15.0. The molecule has 136 valence electrons. The fourth-order valence-electron chi connectivity index (χ4n) is 3.60. The quantitative estimate of drug-likeness (QED) is 0.684. The molecular weight excluding hydrogens is 362 g/mol. The molecule has 1 aliphatic rings. The van der Waals surface area contributed by atoms with Gasteiger partial charge in [0, 0.05) is 22.6 Å². The standard InChI is InChI=1S/C21H18ClN3O2/c1-12-6-3-4-9-16(12)20(27)17-11-18(26)23-21-19(17)13(2)24-25(21)15-8-5-7-14(22)10-15/h3-10,17H,11H2,1-2H3,(H,23,26). The Morgan fingerprint density at radius 2 is 1.96 bits per heavy atom. The van der Waals surface area contributed by atoms with Gasteiger partial charge in [0.25, 0.3) is 0 Å². The first-order chi connectivity index (χ1) is 13.0. The number of nitrogens with one attached hydrogen (secondary N) is 1. The first kappa shape index (κ1) is 17.5. The number of benzene rings is 2. The third-order valence-corrected chi connectivity index (χ3v) is 5.12. The summed E-state index contributed by atoms with van der Waals surface area (Å²) in [7, 11) is 0. The van der Waals surface area contributed by atoms with Crippen molar-refractivity contribution in [1.82, 2.24) is 9.78 Å². The number of fused-ring (bicyclic) bond motifs is 1. The van der Waals surface area contributed by atoms with Crippen LogP contribution in [0.3, 0.4) is 0 Å². The highest BCUT2D eigenvalue weighted by Crippen LogP contribution is 2.38. The second kappa shape index (κ2) is 6.67. The Balaban J connectivity index is 1.85. The molecule has 1 aliphatic heterocycles. The molecule has 0 fully saturated rings. The Bertz CT molecular complexity index is 1070. The number of amides is 1. The van der Waals surface area contributed by atoms with E-state index >= 15 is 0 Å². The summed E-state index contributed by atoms with van der Waals surface area (Å²) >= 11 is 6.11. The van der Waals surface area contributed by atoms with E-state index in [0.717, 1.165) is 22.5 Å². The van der Waals surface area contributed by atoms with Gasteiger partial charge in [0.05, 0.1) is 17.3 Å². The zero-order chi connectivity index (χ0) is 19.1. The Morgan fingerprint density at radius 1 is 1.19 bits per heavy atom. The fourth-order valence-corrected chi connectivity index (χ4v) is 3.79. The van der Waals surface area contributed by atoms with Gasteiger partial charge < -0.3 is 5.32 Å². The van der Waals surface area contributed by atoms with E-state index < -0.39 is 5.92 Å². The minimum absolute atomic E-state index is 0.0575. The van der Waals surface area contributed by atoms with E-state index in [1.54, 1.807) is 22.9 Å². The van der Waals surface area contributed by atoms with Crippen LogP contribution in [0.1, 0.15) is 39.5 Å². The normalized spacial score (nSPS) is 16.0. The van der Waals surface area contributed by atoms with E-state index in [4.69, 9.17) is 11.6 Å². The largest absolute Gasteiger partial charge is 0.310 e. The van der Waals surface area contributed by atoms with Crippen molar-refractivity contribution in [2.24, 2.45) is 0 Å². The Morgan fingerprint density at radius 3 is 2.70 bits per heavy atom. The first-order valence-corrected chi connectivity index (χ1v) is 9.08. The fraction of sp³-hybridized carbons (Fsp3) is 0.190. The molecule has 27 heavy (non-hydrogen) atoms. The monoisotopic (exact) mass is 379 g/mol. The van der Waals surface area contributed by atoms with Gasteiger partial charge >= 0.3 is 0 Å². The van der Waals surface area contributed by atoms with Gasteiger partial charge in [-0.15, -0.1) is 0 Å². The summed E-state index contributed by atoms with van der Waals surface area (Å²) in [6.45, 7) is 3.76. The van der Waals surface area contributed by atoms with E-state index in [2.05, 4.69) is 10.4 Å². The van der Waals surface area contributed by atoms with Crippen molar-refractivity contribution in [2.45, 2.75) is 26.2 Å². The number of halogens is 1. The van der Waals surface area contributed by atoms with Gasteiger partial charge in [0.15, 0.2) is 5.78 Å². The molecule has 6 heteroatoms. The van der Waals surface area contributed by atoms with E-state index in [1.807, 2.05) is 44.2 Å². The molecule has 1 N–H and O–H groups in total. The predicted octanol–water partition coefficient (Wildman–Crippen LogP) is 4.45. The van der Waals surface area contributed by atoms with Crippen molar-refractivity contribution in [3.05, 3.63) is 75.9 Å². The van der Waals surface area contributed by atoms with E-state index in [-0.39, 0.29) is 18.1 Å². The van der Waals surface area contributed by atoms with Gasteiger partial charge in [-0.25, -0.2) is 4.68 Å². The van der Waals surface area contributed by atoms with Gasteiger partial charge in [-0.1, -0.05) is 41.9 Å². The number of anilines is 1. The number of hydrogen-bond acceptors (Lipinski definition) is 3. The second-order valence-corrected chi connectivity index (χ2v) is 7.16. The smallest absolute Gasteiger partial charge is 0.226 e. The van der Waals surface area contributed by atoms with Crippen molar-refractivity contribution in [3.8, 4) is 5.69 Å². The molecular formula is C21H18ClN3O2. The highest BCUT2D eigenvalue weighted by atomic mass is 35.5. The summed E-state index contributed by atoms with van der Waals surface area (Å²) in [5.74, 6) is -0.267. The van der Waals surface area contributed by atoms with Crippen molar-refractivity contribution < 1.29 is 9.59 Å². The summed E-state index contributed by atoms with van der Waals surface area (Å²) in [5, 5.41) is 8.04. The Kier molecular flexibility index (Phi) is 4.32. The number of hydrogen-bond donors (Lipinski definition) is 1. The van der Waals surface area contributed by atoms with Crippen LogP contribution in [0, 0.1) is 13.8 Å². The average molecular weight is 380 g/mol. The van der Waals surface area contributed by atoms with E-state index in [1.165, 1.54) is 0 Å². The lowest BCUT2D eigenvalue weighted by atomic mass is 9.84. The third kappa shape index (κ3) is 3.04. The first-order valence-electron chi connectivity index (χ1n) is 8.71. The minimum Gasteiger partial charge on any atom is -0.310 e. The molecule has 0 saturated carbocycles. The lowest BCUT2D eigenvalue weighted by Gasteiger charge is -2.23. The van der Waals surface area contributed by atoms with Gasteiger partial charge in [-0.2, -0.15) is 5.10 Å². The summed E-state index contributed by atoms with van der Waals surface area (Å²) < 4.78 is 1.64. The number of ketones is 1. The van der Waals surface area contributed by atoms with Crippen LogP contribution in [0.15, 0.2) is 48.5 Å². The van der Waals surface area contributed by atoms with Gasteiger partial charge in [0.1, 0.15) is 5.82 Å². The number of aryl methyl sites for hydroxylation is 2. The molecule has 2 aromatic carbocycles. The van der Waals surface area contributed by atoms with Crippen LogP contribution in [-0.4, -0.2) is 21.5 Å². The van der Waals surface area contributed by atoms with Gasteiger partial charge in [-0.3, -0.25) is 9.59 Å². The molecule has 5 nitrogen and oxygen atoms in total. The lowest BCUT2D eigenvalue weighted by molar-refractivity contribution is -0.116. The number of aromatic nitrogens is 2. The summed E-state index contributed by atoms with van der Waals surface area (Å²) in [4.78, 5) is 25.6. The average Bonchev–Trinajstić information content (AvgIpc) is 2.97. The SMILES string of the molecule is Cc1ccccc1C(=O)C1CC(=O)Nc2c1c(C)nn2-c1cccc(Cl)c1.